The van der Waals surface area contributed by atoms with Gasteiger partial charge in [-0.15, -0.1) is 11.3 Å². The summed E-state index contributed by atoms with van der Waals surface area (Å²) >= 11 is 5.23. The van der Waals surface area contributed by atoms with Crippen LogP contribution >= 0.6 is 27.3 Å². The van der Waals surface area contributed by atoms with Gasteiger partial charge in [-0.1, -0.05) is 20.3 Å². The number of hydrogen-bond acceptors (Lipinski definition) is 3. The maximum absolute atomic E-state index is 4.35. The van der Waals surface area contributed by atoms with Crippen LogP contribution in [0.1, 0.15) is 31.6 Å². The third-order valence-corrected chi connectivity index (χ3v) is 4.10. The second kappa shape index (κ2) is 5.71. The van der Waals surface area contributed by atoms with E-state index in [1.165, 1.54) is 17.7 Å². The van der Waals surface area contributed by atoms with Gasteiger partial charge in [-0.25, -0.2) is 4.98 Å². The molecule has 2 nitrogen and oxygen atoms in total. The number of halogens is 1. The van der Waals surface area contributed by atoms with E-state index in [2.05, 4.69) is 40.1 Å². The second-order valence-corrected chi connectivity index (χ2v) is 5.60. The fourth-order valence-electron chi connectivity index (χ4n) is 1.27. The molecule has 80 valence electrons. The molecule has 0 aromatic carbocycles. The lowest BCUT2D eigenvalue weighted by Gasteiger charge is -2.02. The number of nitrogens with one attached hydrogen (secondary N) is 1. The van der Waals surface area contributed by atoms with E-state index in [1.54, 1.807) is 11.3 Å². The highest BCUT2D eigenvalue weighted by Crippen LogP contribution is 2.28. The number of aryl methyl sites for hydroxylation is 1. The molecule has 1 aromatic rings. The number of anilines is 1. The Morgan fingerprint density at radius 2 is 2.21 bits per heavy atom. The van der Waals surface area contributed by atoms with Crippen molar-refractivity contribution >= 4 is 32.4 Å². The van der Waals surface area contributed by atoms with Gasteiger partial charge in [-0.2, -0.15) is 0 Å². The van der Waals surface area contributed by atoms with E-state index in [0.29, 0.717) is 0 Å². The van der Waals surface area contributed by atoms with Crippen LogP contribution < -0.4 is 5.32 Å². The fourth-order valence-corrected chi connectivity index (χ4v) is 2.85. The van der Waals surface area contributed by atoms with Crippen LogP contribution in [0.5, 0.6) is 0 Å². The fraction of sp³-hybridized carbons (Fsp3) is 0.700. The SMILES string of the molecule is CNc1nc(Br)c(CCCC(C)C)s1. The van der Waals surface area contributed by atoms with Gasteiger partial charge in [0, 0.05) is 11.9 Å². The first-order valence-corrected chi connectivity index (χ1v) is 6.57. The average molecular weight is 277 g/mol. The molecule has 0 aliphatic carbocycles. The van der Waals surface area contributed by atoms with Crippen molar-refractivity contribution in [1.29, 1.82) is 0 Å². The third kappa shape index (κ3) is 3.58. The molecule has 0 aliphatic heterocycles. The first-order chi connectivity index (χ1) is 6.63. The number of thiazole rings is 1. The summed E-state index contributed by atoms with van der Waals surface area (Å²) in [7, 11) is 1.91. The zero-order valence-corrected chi connectivity index (χ0v) is 11.3. The summed E-state index contributed by atoms with van der Waals surface area (Å²) in [6.45, 7) is 4.53. The molecule has 0 saturated heterocycles. The molecule has 0 unspecified atom stereocenters. The largest absolute Gasteiger partial charge is 0.365 e. The lowest BCUT2D eigenvalue weighted by molar-refractivity contribution is 0.557. The van der Waals surface area contributed by atoms with Gasteiger partial charge in [0.05, 0.1) is 0 Å². The van der Waals surface area contributed by atoms with Crippen molar-refractivity contribution in [1.82, 2.24) is 4.98 Å². The van der Waals surface area contributed by atoms with E-state index < -0.39 is 0 Å². The van der Waals surface area contributed by atoms with Crippen molar-refractivity contribution in [3.05, 3.63) is 9.48 Å². The molecule has 0 bridgehead atoms. The Bertz CT molecular complexity index is 284. The topological polar surface area (TPSA) is 24.9 Å². The van der Waals surface area contributed by atoms with Crippen LogP contribution in [0, 0.1) is 5.92 Å². The molecule has 0 spiro atoms. The van der Waals surface area contributed by atoms with E-state index in [9.17, 15) is 0 Å². The predicted octanol–water partition coefficient (Wildman–Crippen LogP) is 3.93. The minimum absolute atomic E-state index is 0.797. The van der Waals surface area contributed by atoms with E-state index in [1.807, 2.05) is 7.05 Å². The molecule has 0 atom stereocenters. The second-order valence-electron chi connectivity index (χ2n) is 3.77. The average Bonchev–Trinajstić information content (AvgIpc) is 2.47. The van der Waals surface area contributed by atoms with E-state index in [4.69, 9.17) is 0 Å². The predicted molar refractivity (Wildman–Crippen MR) is 67.1 cm³/mol. The van der Waals surface area contributed by atoms with Crippen molar-refractivity contribution in [2.24, 2.45) is 5.92 Å². The van der Waals surface area contributed by atoms with Gasteiger partial charge in [-0.3, -0.25) is 0 Å². The van der Waals surface area contributed by atoms with E-state index in [-0.39, 0.29) is 0 Å². The summed E-state index contributed by atoms with van der Waals surface area (Å²) in [5, 5.41) is 4.06. The van der Waals surface area contributed by atoms with Gasteiger partial charge in [0.1, 0.15) is 4.60 Å². The zero-order valence-electron chi connectivity index (χ0n) is 8.93. The maximum atomic E-state index is 4.35. The lowest BCUT2D eigenvalue weighted by Crippen LogP contribution is -1.89. The van der Waals surface area contributed by atoms with Crippen molar-refractivity contribution in [2.75, 3.05) is 12.4 Å². The number of aromatic nitrogens is 1. The molecule has 4 heteroatoms. The van der Waals surface area contributed by atoms with Crippen LogP contribution in [-0.4, -0.2) is 12.0 Å². The Kier molecular flexibility index (Phi) is 4.89. The van der Waals surface area contributed by atoms with Gasteiger partial charge < -0.3 is 5.32 Å². The minimum Gasteiger partial charge on any atom is -0.365 e. The van der Waals surface area contributed by atoms with Gasteiger partial charge in [0.2, 0.25) is 0 Å². The highest BCUT2D eigenvalue weighted by molar-refractivity contribution is 9.10. The van der Waals surface area contributed by atoms with Crippen LogP contribution in [0.2, 0.25) is 0 Å². The quantitative estimate of drug-likeness (QED) is 0.882. The van der Waals surface area contributed by atoms with Gasteiger partial charge in [0.15, 0.2) is 5.13 Å². The van der Waals surface area contributed by atoms with Crippen LogP contribution in [0.3, 0.4) is 0 Å². The third-order valence-electron chi connectivity index (χ3n) is 2.05. The first-order valence-electron chi connectivity index (χ1n) is 4.96. The van der Waals surface area contributed by atoms with Crippen LogP contribution in [-0.2, 0) is 6.42 Å². The maximum Gasteiger partial charge on any atom is 0.183 e. The van der Waals surface area contributed by atoms with Crippen molar-refractivity contribution in [2.45, 2.75) is 33.1 Å². The molecule has 0 aliphatic rings. The van der Waals surface area contributed by atoms with E-state index >= 15 is 0 Å². The number of hydrogen-bond donors (Lipinski definition) is 1. The summed E-state index contributed by atoms with van der Waals surface area (Å²) < 4.78 is 1.01. The zero-order chi connectivity index (χ0) is 10.6. The summed E-state index contributed by atoms with van der Waals surface area (Å²) in [6.07, 6.45) is 3.68. The van der Waals surface area contributed by atoms with Crippen molar-refractivity contribution < 1.29 is 0 Å². The van der Waals surface area contributed by atoms with Gasteiger partial charge >= 0.3 is 0 Å². The molecule has 1 aromatic heterocycles. The molecule has 14 heavy (non-hydrogen) atoms. The van der Waals surface area contributed by atoms with Crippen molar-refractivity contribution in [3.63, 3.8) is 0 Å². The van der Waals surface area contributed by atoms with Crippen molar-refractivity contribution in [3.8, 4) is 0 Å². The Morgan fingerprint density at radius 3 is 2.71 bits per heavy atom. The molecule has 0 fully saturated rings. The number of rotatable bonds is 5. The molecule has 0 saturated carbocycles. The molecule has 1 N–H and O–H groups in total. The monoisotopic (exact) mass is 276 g/mol. The summed E-state index contributed by atoms with van der Waals surface area (Å²) in [5.74, 6) is 0.797. The first kappa shape index (κ1) is 12.0. The minimum atomic E-state index is 0.797. The van der Waals surface area contributed by atoms with Crippen LogP contribution in [0.25, 0.3) is 0 Å². The Balaban J connectivity index is 2.45. The summed E-state index contributed by atoms with van der Waals surface area (Å²) in [6, 6.07) is 0. The smallest absolute Gasteiger partial charge is 0.183 e. The molecular formula is C10H17BrN2S. The molecule has 0 radical (unpaired) electrons. The standard InChI is InChI=1S/C10H17BrN2S/c1-7(2)5-4-6-8-9(11)13-10(12-3)14-8/h7H,4-6H2,1-3H3,(H,12,13). The number of nitrogens with zero attached hydrogens (tertiary/aromatic N) is 1. The van der Waals surface area contributed by atoms with Gasteiger partial charge in [-0.05, 0) is 34.7 Å². The molecule has 1 rings (SSSR count). The highest BCUT2D eigenvalue weighted by atomic mass is 79.9. The molecule has 0 amide bonds. The normalized spacial score (nSPS) is 10.9. The summed E-state index contributed by atoms with van der Waals surface area (Å²) in [4.78, 5) is 5.71. The highest BCUT2D eigenvalue weighted by Gasteiger charge is 2.07. The Hall–Kier alpha value is -0.0900. The van der Waals surface area contributed by atoms with Crippen LogP contribution in [0.15, 0.2) is 4.60 Å². The van der Waals surface area contributed by atoms with E-state index in [0.717, 1.165) is 22.1 Å². The molecular weight excluding hydrogens is 260 g/mol. The van der Waals surface area contributed by atoms with Gasteiger partial charge in [0.25, 0.3) is 0 Å². The lowest BCUT2D eigenvalue weighted by atomic mass is 10.1. The molecule has 1 heterocycles. The van der Waals surface area contributed by atoms with Crippen LogP contribution in [0.4, 0.5) is 5.13 Å². The Labute approximate surface area is 98.3 Å². The summed E-state index contributed by atoms with van der Waals surface area (Å²) in [5.41, 5.74) is 0. The Morgan fingerprint density at radius 1 is 1.50 bits per heavy atom.